The van der Waals surface area contributed by atoms with Crippen LogP contribution < -0.4 is 10.1 Å². The largest absolute Gasteiger partial charge is 0.497 e. The number of benzene rings is 1. The van der Waals surface area contributed by atoms with Gasteiger partial charge in [-0.05, 0) is 31.2 Å². The third-order valence-electron chi connectivity index (χ3n) is 3.78. The Balaban J connectivity index is 1.52. The van der Waals surface area contributed by atoms with Crippen molar-refractivity contribution in [2.45, 2.75) is 19.4 Å². The molecule has 3 rings (SSSR count). The molecule has 0 aliphatic rings. The van der Waals surface area contributed by atoms with Gasteiger partial charge >= 0.3 is 0 Å². The zero-order chi connectivity index (χ0) is 17.6. The van der Waals surface area contributed by atoms with Gasteiger partial charge in [-0.1, -0.05) is 0 Å². The van der Waals surface area contributed by atoms with Crippen LogP contribution in [-0.2, 0) is 11.2 Å². The number of amides is 1. The van der Waals surface area contributed by atoms with E-state index in [0.29, 0.717) is 18.9 Å². The lowest BCUT2D eigenvalue weighted by Gasteiger charge is -2.11. The van der Waals surface area contributed by atoms with E-state index in [4.69, 9.17) is 9.15 Å². The van der Waals surface area contributed by atoms with Crippen molar-refractivity contribution in [1.29, 1.82) is 0 Å². The van der Waals surface area contributed by atoms with Gasteiger partial charge in [-0.2, -0.15) is 5.10 Å². The number of hydrogen-bond acceptors (Lipinski definition) is 6. The maximum absolute atomic E-state index is 12.1. The summed E-state index contributed by atoms with van der Waals surface area (Å²) in [7, 11) is 1.62. The SMILES string of the molecule is COc1ccc(-c2nc(CCNC(=O)[C@H](C)n3cncn3)co2)cc1. The summed E-state index contributed by atoms with van der Waals surface area (Å²) in [5.74, 6) is 1.20. The van der Waals surface area contributed by atoms with E-state index >= 15 is 0 Å². The molecule has 0 spiro atoms. The molecule has 0 aliphatic carbocycles. The molecule has 3 aromatic rings. The molecular formula is C17H19N5O3. The van der Waals surface area contributed by atoms with E-state index in [-0.39, 0.29) is 5.91 Å². The fraction of sp³-hybridized carbons (Fsp3) is 0.294. The lowest BCUT2D eigenvalue weighted by Crippen LogP contribution is -2.32. The van der Waals surface area contributed by atoms with Gasteiger partial charge < -0.3 is 14.5 Å². The van der Waals surface area contributed by atoms with Gasteiger partial charge in [0.05, 0.1) is 12.8 Å². The Morgan fingerprint density at radius 2 is 2.16 bits per heavy atom. The maximum atomic E-state index is 12.1. The number of nitrogens with one attached hydrogen (secondary N) is 1. The van der Waals surface area contributed by atoms with Gasteiger partial charge in [0, 0.05) is 18.5 Å². The quantitative estimate of drug-likeness (QED) is 0.705. The zero-order valence-corrected chi connectivity index (χ0v) is 14.0. The molecule has 8 heteroatoms. The molecule has 1 aromatic carbocycles. The van der Waals surface area contributed by atoms with Gasteiger partial charge in [0.1, 0.15) is 30.7 Å². The van der Waals surface area contributed by atoms with Crippen molar-refractivity contribution in [1.82, 2.24) is 25.1 Å². The number of hydrogen-bond donors (Lipinski definition) is 1. The summed E-state index contributed by atoms with van der Waals surface area (Å²) >= 11 is 0. The van der Waals surface area contributed by atoms with Gasteiger partial charge in [0.2, 0.25) is 11.8 Å². The minimum absolute atomic E-state index is 0.121. The van der Waals surface area contributed by atoms with Crippen molar-refractivity contribution in [2.24, 2.45) is 0 Å². The van der Waals surface area contributed by atoms with Crippen LogP contribution >= 0.6 is 0 Å². The minimum atomic E-state index is -0.408. The summed E-state index contributed by atoms with van der Waals surface area (Å²) in [5.41, 5.74) is 1.65. The van der Waals surface area contributed by atoms with E-state index in [2.05, 4.69) is 20.4 Å². The van der Waals surface area contributed by atoms with Gasteiger partial charge in [-0.15, -0.1) is 0 Å². The van der Waals surface area contributed by atoms with Crippen molar-refractivity contribution in [3.63, 3.8) is 0 Å². The first kappa shape index (κ1) is 16.7. The number of carbonyl (C=O) groups excluding carboxylic acids is 1. The normalized spacial score (nSPS) is 11.9. The Hall–Kier alpha value is -3.16. The predicted octanol–water partition coefficient (Wildman–Crippen LogP) is 1.86. The fourth-order valence-corrected chi connectivity index (χ4v) is 2.29. The van der Waals surface area contributed by atoms with Crippen LogP contribution in [0.2, 0.25) is 0 Å². The Morgan fingerprint density at radius 1 is 1.36 bits per heavy atom. The summed E-state index contributed by atoms with van der Waals surface area (Å²) in [6.07, 6.45) is 5.10. The van der Waals surface area contributed by atoms with Gasteiger partial charge in [-0.3, -0.25) is 4.79 Å². The van der Waals surface area contributed by atoms with E-state index in [0.717, 1.165) is 17.0 Å². The fourth-order valence-electron chi connectivity index (χ4n) is 2.29. The number of methoxy groups -OCH3 is 1. The molecule has 8 nitrogen and oxygen atoms in total. The van der Waals surface area contributed by atoms with E-state index in [1.54, 1.807) is 20.3 Å². The second-order valence-electron chi connectivity index (χ2n) is 5.46. The summed E-state index contributed by atoms with van der Waals surface area (Å²) in [6, 6.07) is 7.07. The van der Waals surface area contributed by atoms with Crippen LogP contribution in [0.3, 0.4) is 0 Å². The highest BCUT2D eigenvalue weighted by Crippen LogP contribution is 2.21. The average Bonchev–Trinajstić information content (AvgIpc) is 3.33. The van der Waals surface area contributed by atoms with Crippen molar-refractivity contribution in [3.05, 3.63) is 48.9 Å². The second kappa shape index (κ2) is 7.61. The number of carbonyl (C=O) groups is 1. The first-order valence-electron chi connectivity index (χ1n) is 7.88. The molecule has 0 radical (unpaired) electrons. The summed E-state index contributed by atoms with van der Waals surface area (Å²) in [6.45, 7) is 2.23. The van der Waals surface area contributed by atoms with Gasteiger partial charge in [-0.25, -0.2) is 14.6 Å². The molecule has 25 heavy (non-hydrogen) atoms. The molecule has 1 atom stereocenters. The first-order chi connectivity index (χ1) is 12.2. The zero-order valence-electron chi connectivity index (χ0n) is 14.0. The summed E-state index contributed by atoms with van der Waals surface area (Å²) in [4.78, 5) is 20.3. The maximum Gasteiger partial charge on any atom is 0.244 e. The van der Waals surface area contributed by atoms with E-state index in [9.17, 15) is 4.79 Å². The van der Waals surface area contributed by atoms with E-state index in [1.165, 1.54) is 17.3 Å². The number of nitrogens with zero attached hydrogens (tertiary/aromatic N) is 4. The average molecular weight is 341 g/mol. The van der Waals surface area contributed by atoms with Crippen LogP contribution in [0.15, 0.2) is 47.6 Å². The first-order valence-corrected chi connectivity index (χ1v) is 7.88. The third kappa shape index (κ3) is 4.03. The van der Waals surface area contributed by atoms with Crippen molar-refractivity contribution >= 4 is 5.91 Å². The number of rotatable bonds is 7. The monoisotopic (exact) mass is 341 g/mol. The molecule has 0 saturated carbocycles. The lowest BCUT2D eigenvalue weighted by atomic mass is 10.2. The highest BCUT2D eigenvalue weighted by molar-refractivity contribution is 5.79. The van der Waals surface area contributed by atoms with Crippen LogP contribution in [0, 0.1) is 0 Å². The molecule has 0 aliphatic heterocycles. The Kier molecular flexibility index (Phi) is 5.08. The van der Waals surface area contributed by atoms with Gasteiger partial charge in [0.15, 0.2) is 0 Å². The number of ether oxygens (including phenoxy) is 1. The summed E-state index contributed by atoms with van der Waals surface area (Å²) < 4.78 is 12.1. The Bertz CT molecular complexity index is 811. The predicted molar refractivity (Wildman–Crippen MR) is 89.9 cm³/mol. The molecule has 2 heterocycles. The van der Waals surface area contributed by atoms with Crippen LogP contribution in [0.25, 0.3) is 11.5 Å². The van der Waals surface area contributed by atoms with Crippen molar-refractivity contribution in [3.8, 4) is 17.2 Å². The number of aromatic nitrogens is 4. The standard InChI is InChI=1S/C17H19N5O3/c1-12(22-11-18-10-20-22)16(23)19-8-7-14-9-25-17(21-14)13-3-5-15(24-2)6-4-13/h3-6,9-12H,7-8H2,1-2H3,(H,19,23)/t12-/m0/s1. The van der Waals surface area contributed by atoms with Crippen molar-refractivity contribution < 1.29 is 13.9 Å². The van der Waals surface area contributed by atoms with Crippen molar-refractivity contribution in [2.75, 3.05) is 13.7 Å². The smallest absolute Gasteiger partial charge is 0.244 e. The van der Waals surface area contributed by atoms with E-state index in [1.807, 2.05) is 24.3 Å². The molecule has 0 saturated heterocycles. The lowest BCUT2D eigenvalue weighted by molar-refractivity contribution is -0.124. The number of oxazole rings is 1. The molecule has 0 unspecified atom stereocenters. The highest BCUT2D eigenvalue weighted by Gasteiger charge is 2.15. The molecule has 0 fully saturated rings. The topological polar surface area (TPSA) is 95.1 Å². The molecule has 0 bridgehead atoms. The molecular weight excluding hydrogens is 322 g/mol. The third-order valence-corrected chi connectivity index (χ3v) is 3.78. The summed E-state index contributed by atoms with van der Waals surface area (Å²) in [5, 5.41) is 6.82. The Morgan fingerprint density at radius 3 is 2.84 bits per heavy atom. The minimum Gasteiger partial charge on any atom is -0.497 e. The highest BCUT2D eigenvalue weighted by atomic mass is 16.5. The second-order valence-corrected chi connectivity index (χ2v) is 5.46. The molecule has 130 valence electrons. The molecule has 2 aromatic heterocycles. The van der Waals surface area contributed by atoms with Crippen LogP contribution in [0.1, 0.15) is 18.7 Å². The molecule has 1 amide bonds. The van der Waals surface area contributed by atoms with Gasteiger partial charge in [0.25, 0.3) is 0 Å². The van der Waals surface area contributed by atoms with E-state index < -0.39 is 6.04 Å². The van der Waals surface area contributed by atoms with Crippen LogP contribution in [-0.4, -0.2) is 39.3 Å². The van der Waals surface area contributed by atoms with Crippen LogP contribution in [0.4, 0.5) is 0 Å². The Labute approximate surface area is 144 Å². The van der Waals surface area contributed by atoms with Crippen LogP contribution in [0.5, 0.6) is 5.75 Å². The molecule has 1 N–H and O–H groups in total.